The van der Waals surface area contributed by atoms with Crippen molar-refractivity contribution in [3.8, 4) is 5.75 Å². The van der Waals surface area contributed by atoms with Crippen molar-refractivity contribution in [2.45, 2.75) is 31.8 Å². The molecule has 1 saturated carbocycles. The zero-order valence-electron chi connectivity index (χ0n) is 14.2. The summed E-state index contributed by atoms with van der Waals surface area (Å²) in [5, 5.41) is 2.71. The summed E-state index contributed by atoms with van der Waals surface area (Å²) in [5.41, 5.74) is 1.07. The van der Waals surface area contributed by atoms with Gasteiger partial charge in [-0.05, 0) is 42.7 Å². The Hall–Kier alpha value is -2.76. The quantitative estimate of drug-likeness (QED) is 0.800. The molecule has 25 heavy (non-hydrogen) atoms. The molecule has 1 fully saturated rings. The second kappa shape index (κ2) is 7.88. The summed E-state index contributed by atoms with van der Waals surface area (Å²) in [5.74, 6) is 0.808. The minimum Gasteiger partial charge on any atom is -0.497 e. The van der Waals surface area contributed by atoms with E-state index in [1.165, 1.54) is 6.26 Å². The maximum absolute atomic E-state index is 12.5. The first-order valence-corrected chi connectivity index (χ1v) is 8.41. The van der Waals surface area contributed by atoms with Crippen LogP contribution < -0.4 is 10.1 Å². The number of nitrogens with one attached hydrogen (secondary N) is 1. The van der Waals surface area contributed by atoms with E-state index in [0.717, 1.165) is 24.2 Å². The summed E-state index contributed by atoms with van der Waals surface area (Å²) in [7, 11) is 1.63. The molecule has 0 spiro atoms. The van der Waals surface area contributed by atoms with Crippen molar-refractivity contribution in [1.29, 1.82) is 0 Å². The van der Waals surface area contributed by atoms with Gasteiger partial charge >= 0.3 is 0 Å². The van der Waals surface area contributed by atoms with Crippen molar-refractivity contribution in [3.05, 3.63) is 54.0 Å². The van der Waals surface area contributed by atoms with Gasteiger partial charge in [0.05, 0.1) is 13.4 Å². The normalized spacial score (nSPS) is 13.3. The standard InChI is InChI=1S/C19H22N2O4/c1-24-16-8-4-14(5-9-16)13-21(15-6-7-15)18(22)10-11-20-19(23)17-3-2-12-25-17/h2-5,8-9,12,15H,6-7,10-11,13H2,1H3,(H,20,23). The average Bonchev–Trinajstić information content (AvgIpc) is 3.32. The third kappa shape index (κ3) is 4.62. The summed E-state index contributed by atoms with van der Waals surface area (Å²) in [6.45, 7) is 0.879. The Kier molecular flexibility index (Phi) is 5.38. The third-order valence-electron chi connectivity index (χ3n) is 4.19. The van der Waals surface area contributed by atoms with Gasteiger partial charge in [-0.25, -0.2) is 0 Å². The first-order chi connectivity index (χ1) is 12.2. The van der Waals surface area contributed by atoms with Crippen molar-refractivity contribution >= 4 is 11.8 Å². The van der Waals surface area contributed by atoms with Crippen LogP contribution in [0.1, 0.15) is 35.4 Å². The van der Waals surface area contributed by atoms with Gasteiger partial charge in [0.1, 0.15) is 5.75 Å². The van der Waals surface area contributed by atoms with Crippen LogP contribution in [0, 0.1) is 0 Å². The minimum atomic E-state index is -0.300. The Morgan fingerprint density at radius 1 is 1.24 bits per heavy atom. The Morgan fingerprint density at radius 2 is 2.00 bits per heavy atom. The average molecular weight is 342 g/mol. The van der Waals surface area contributed by atoms with Crippen LogP contribution in [0.3, 0.4) is 0 Å². The predicted octanol–water partition coefficient (Wildman–Crippen LogP) is 2.60. The number of furan rings is 1. The minimum absolute atomic E-state index is 0.0538. The van der Waals surface area contributed by atoms with Gasteiger partial charge in [0.25, 0.3) is 5.91 Å². The van der Waals surface area contributed by atoms with Crippen LogP contribution in [0.4, 0.5) is 0 Å². The number of hydrogen-bond donors (Lipinski definition) is 1. The number of ether oxygens (including phenoxy) is 1. The number of carbonyl (C=O) groups is 2. The van der Waals surface area contributed by atoms with E-state index in [0.29, 0.717) is 19.1 Å². The number of nitrogens with zero attached hydrogens (tertiary/aromatic N) is 1. The number of benzene rings is 1. The molecule has 2 aromatic rings. The van der Waals surface area contributed by atoms with Crippen molar-refractivity contribution in [2.24, 2.45) is 0 Å². The molecule has 0 atom stereocenters. The van der Waals surface area contributed by atoms with Gasteiger partial charge in [-0.3, -0.25) is 9.59 Å². The number of amides is 2. The van der Waals surface area contributed by atoms with Gasteiger partial charge in [0, 0.05) is 25.6 Å². The van der Waals surface area contributed by atoms with Crippen molar-refractivity contribution in [3.63, 3.8) is 0 Å². The molecular formula is C19H22N2O4. The SMILES string of the molecule is COc1ccc(CN(C(=O)CCNC(=O)c2ccco2)C2CC2)cc1. The van der Waals surface area contributed by atoms with Gasteiger partial charge in [-0.15, -0.1) is 0 Å². The van der Waals surface area contributed by atoms with Crippen LogP contribution in [0.15, 0.2) is 47.1 Å². The van der Waals surface area contributed by atoms with Crippen LogP contribution in [0.2, 0.25) is 0 Å². The van der Waals surface area contributed by atoms with Gasteiger partial charge in [-0.2, -0.15) is 0 Å². The number of methoxy groups -OCH3 is 1. The molecule has 1 heterocycles. The van der Waals surface area contributed by atoms with Crippen molar-refractivity contribution in [2.75, 3.05) is 13.7 Å². The highest BCUT2D eigenvalue weighted by atomic mass is 16.5. The molecule has 0 radical (unpaired) electrons. The summed E-state index contributed by atoms with van der Waals surface area (Å²) in [4.78, 5) is 26.3. The van der Waals surface area contributed by atoms with E-state index in [1.807, 2.05) is 29.2 Å². The zero-order valence-corrected chi connectivity index (χ0v) is 14.2. The predicted molar refractivity (Wildman–Crippen MR) is 92.2 cm³/mol. The lowest BCUT2D eigenvalue weighted by Crippen LogP contribution is -2.35. The molecule has 1 N–H and O–H groups in total. The fourth-order valence-electron chi connectivity index (χ4n) is 2.66. The van der Waals surface area contributed by atoms with E-state index < -0.39 is 0 Å². The first kappa shape index (κ1) is 17.1. The van der Waals surface area contributed by atoms with Crippen LogP contribution in [0.25, 0.3) is 0 Å². The second-order valence-corrected chi connectivity index (χ2v) is 6.08. The molecular weight excluding hydrogens is 320 g/mol. The van der Waals surface area contributed by atoms with Crippen LogP contribution >= 0.6 is 0 Å². The topological polar surface area (TPSA) is 71.8 Å². The molecule has 0 bridgehead atoms. The maximum atomic E-state index is 12.5. The highest BCUT2D eigenvalue weighted by molar-refractivity contribution is 5.91. The molecule has 6 nitrogen and oxygen atoms in total. The number of rotatable bonds is 8. The summed E-state index contributed by atoms with van der Waals surface area (Å²) >= 11 is 0. The maximum Gasteiger partial charge on any atom is 0.286 e. The third-order valence-corrected chi connectivity index (χ3v) is 4.19. The van der Waals surface area contributed by atoms with E-state index in [4.69, 9.17) is 9.15 Å². The molecule has 1 aliphatic rings. The highest BCUT2D eigenvalue weighted by Crippen LogP contribution is 2.29. The summed E-state index contributed by atoms with van der Waals surface area (Å²) in [6, 6.07) is 11.3. The number of carbonyl (C=O) groups excluding carboxylic acids is 2. The van der Waals surface area contributed by atoms with Crippen LogP contribution in [0.5, 0.6) is 5.75 Å². The van der Waals surface area contributed by atoms with Crippen molar-refractivity contribution < 1.29 is 18.7 Å². The van der Waals surface area contributed by atoms with Gasteiger partial charge in [0.2, 0.25) is 5.91 Å². The zero-order chi connectivity index (χ0) is 17.6. The molecule has 1 aromatic heterocycles. The van der Waals surface area contributed by atoms with Gasteiger partial charge in [0.15, 0.2) is 5.76 Å². The Labute approximate surface area is 146 Å². The molecule has 1 aliphatic carbocycles. The Bertz CT molecular complexity index is 706. The summed E-state index contributed by atoms with van der Waals surface area (Å²) < 4.78 is 10.2. The molecule has 2 amide bonds. The highest BCUT2D eigenvalue weighted by Gasteiger charge is 2.32. The smallest absolute Gasteiger partial charge is 0.286 e. The fraction of sp³-hybridized carbons (Fsp3) is 0.368. The first-order valence-electron chi connectivity index (χ1n) is 8.41. The molecule has 0 saturated heterocycles. The monoisotopic (exact) mass is 342 g/mol. The Morgan fingerprint density at radius 3 is 2.60 bits per heavy atom. The van der Waals surface area contributed by atoms with Gasteiger partial charge < -0.3 is 19.4 Å². The molecule has 6 heteroatoms. The van der Waals surface area contributed by atoms with E-state index in [9.17, 15) is 9.59 Å². The lowest BCUT2D eigenvalue weighted by atomic mass is 10.2. The van der Waals surface area contributed by atoms with E-state index >= 15 is 0 Å². The lowest BCUT2D eigenvalue weighted by Gasteiger charge is -2.23. The number of hydrogen-bond acceptors (Lipinski definition) is 4. The van der Waals surface area contributed by atoms with Crippen LogP contribution in [-0.4, -0.2) is 36.4 Å². The van der Waals surface area contributed by atoms with Gasteiger partial charge in [-0.1, -0.05) is 12.1 Å². The molecule has 3 rings (SSSR count). The van der Waals surface area contributed by atoms with Crippen molar-refractivity contribution in [1.82, 2.24) is 10.2 Å². The fourth-order valence-corrected chi connectivity index (χ4v) is 2.66. The second-order valence-electron chi connectivity index (χ2n) is 6.08. The molecule has 0 unspecified atom stereocenters. The lowest BCUT2D eigenvalue weighted by molar-refractivity contribution is -0.132. The summed E-state index contributed by atoms with van der Waals surface area (Å²) in [6.07, 6.45) is 3.81. The molecule has 0 aliphatic heterocycles. The Balaban J connectivity index is 1.51. The van der Waals surface area contributed by atoms with E-state index in [-0.39, 0.29) is 24.0 Å². The van der Waals surface area contributed by atoms with Crippen LogP contribution in [-0.2, 0) is 11.3 Å². The van der Waals surface area contributed by atoms with E-state index in [2.05, 4.69) is 5.32 Å². The molecule has 1 aromatic carbocycles. The molecule has 132 valence electrons. The largest absolute Gasteiger partial charge is 0.497 e. The van der Waals surface area contributed by atoms with E-state index in [1.54, 1.807) is 19.2 Å².